The first-order valence-corrected chi connectivity index (χ1v) is 12.8. The topological polar surface area (TPSA) is 94.3 Å². The SMILES string of the molecule is CCCCCc1c(C)n(Cc2ccccc2)c(=O)n1Cc1ccc(-c2ccccc2-c2nn[nH]n2)nc1. The van der Waals surface area contributed by atoms with E-state index in [0.717, 1.165) is 65.0 Å². The van der Waals surface area contributed by atoms with Crippen molar-refractivity contribution in [2.24, 2.45) is 0 Å². The van der Waals surface area contributed by atoms with E-state index in [1.165, 1.54) is 0 Å². The van der Waals surface area contributed by atoms with E-state index in [4.69, 9.17) is 4.98 Å². The second-order valence-corrected chi connectivity index (χ2v) is 9.26. The van der Waals surface area contributed by atoms with Gasteiger partial charge in [-0.2, -0.15) is 5.21 Å². The van der Waals surface area contributed by atoms with Crippen LogP contribution in [0.25, 0.3) is 22.6 Å². The minimum atomic E-state index is 0.0272. The van der Waals surface area contributed by atoms with Crippen molar-refractivity contribution < 1.29 is 0 Å². The molecule has 0 bridgehead atoms. The third kappa shape index (κ3) is 5.28. The van der Waals surface area contributed by atoms with Crippen LogP contribution in [0.1, 0.15) is 48.7 Å². The summed E-state index contributed by atoms with van der Waals surface area (Å²) in [5.74, 6) is 0.528. The van der Waals surface area contributed by atoms with E-state index in [0.29, 0.717) is 18.9 Å². The number of pyridine rings is 1. The van der Waals surface area contributed by atoms with Gasteiger partial charge < -0.3 is 0 Å². The van der Waals surface area contributed by atoms with Crippen LogP contribution in [0, 0.1) is 6.92 Å². The van der Waals surface area contributed by atoms with Gasteiger partial charge in [-0.3, -0.25) is 14.1 Å². The van der Waals surface area contributed by atoms with Gasteiger partial charge in [0.1, 0.15) is 0 Å². The van der Waals surface area contributed by atoms with Gasteiger partial charge in [-0.15, -0.1) is 10.2 Å². The van der Waals surface area contributed by atoms with Crippen molar-refractivity contribution in [1.29, 1.82) is 0 Å². The van der Waals surface area contributed by atoms with E-state index in [9.17, 15) is 4.79 Å². The van der Waals surface area contributed by atoms with Gasteiger partial charge in [-0.1, -0.05) is 80.4 Å². The number of unbranched alkanes of at least 4 members (excludes halogenated alkanes) is 2. The molecule has 3 heterocycles. The van der Waals surface area contributed by atoms with Crippen LogP contribution in [0.2, 0.25) is 0 Å². The predicted octanol–water partition coefficient (Wildman–Crippen LogP) is 5.03. The van der Waals surface area contributed by atoms with Gasteiger partial charge in [0.05, 0.1) is 18.8 Å². The van der Waals surface area contributed by atoms with Gasteiger partial charge in [0.15, 0.2) is 0 Å². The molecule has 188 valence electrons. The van der Waals surface area contributed by atoms with E-state index >= 15 is 0 Å². The lowest BCUT2D eigenvalue weighted by Gasteiger charge is -2.10. The molecule has 5 rings (SSSR count). The molecule has 1 N–H and O–H groups in total. The Kier molecular flexibility index (Phi) is 7.35. The first-order chi connectivity index (χ1) is 18.2. The van der Waals surface area contributed by atoms with Gasteiger partial charge in [0.2, 0.25) is 5.82 Å². The Balaban J connectivity index is 1.45. The van der Waals surface area contributed by atoms with Crippen molar-refractivity contribution in [2.45, 2.75) is 52.6 Å². The third-order valence-corrected chi connectivity index (χ3v) is 6.77. The summed E-state index contributed by atoms with van der Waals surface area (Å²) in [5.41, 5.74) is 6.89. The Labute approximate surface area is 216 Å². The van der Waals surface area contributed by atoms with Crippen molar-refractivity contribution in [3.63, 3.8) is 0 Å². The van der Waals surface area contributed by atoms with Crippen LogP contribution in [0.4, 0.5) is 0 Å². The molecule has 0 fully saturated rings. The lowest BCUT2D eigenvalue weighted by atomic mass is 10.0. The van der Waals surface area contributed by atoms with Crippen LogP contribution in [0.5, 0.6) is 0 Å². The largest absolute Gasteiger partial charge is 0.329 e. The molecule has 3 aromatic heterocycles. The fourth-order valence-electron chi connectivity index (χ4n) is 4.77. The molecule has 0 saturated heterocycles. The molecule has 0 saturated carbocycles. The second kappa shape index (κ2) is 11.2. The van der Waals surface area contributed by atoms with Crippen LogP contribution in [0.15, 0.2) is 77.7 Å². The minimum Gasteiger partial charge on any atom is -0.292 e. The molecular weight excluding hydrogens is 462 g/mol. The molecule has 0 unspecified atom stereocenters. The highest BCUT2D eigenvalue weighted by Crippen LogP contribution is 2.28. The number of rotatable bonds is 10. The highest BCUT2D eigenvalue weighted by atomic mass is 16.1. The smallest absolute Gasteiger partial charge is 0.292 e. The average molecular weight is 494 g/mol. The Bertz CT molecular complexity index is 1500. The number of nitrogens with one attached hydrogen (secondary N) is 1. The number of H-pyrrole nitrogens is 1. The lowest BCUT2D eigenvalue weighted by Crippen LogP contribution is -2.26. The summed E-state index contributed by atoms with van der Waals surface area (Å²) in [6.07, 6.45) is 6.10. The predicted molar refractivity (Wildman–Crippen MR) is 144 cm³/mol. The molecule has 0 radical (unpaired) electrons. The molecular formula is C29H31N7O. The molecule has 8 nitrogen and oxygen atoms in total. The molecule has 0 spiro atoms. The number of aromatic nitrogens is 7. The fraction of sp³-hybridized carbons (Fsp3) is 0.276. The third-order valence-electron chi connectivity index (χ3n) is 6.77. The van der Waals surface area contributed by atoms with Crippen molar-refractivity contribution in [1.82, 2.24) is 34.7 Å². The highest BCUT2D eigenvalue weighted by Gasteiger charge is 2.18. The number of tetrazole rings is 1. The zero-order valence-corrected chi connectivity index (χ0v) is 21.3. The minimum absolute atomic E-state index is 0.0272. The van der Waals surface area contributed by atoms with Gasteiger partial charge in [-0.25, -0.2) is 4.79 Å². The number of hydrogen-bond acceptors (Lipinski definition) is 5. The number of nitrogens with zero attached hydrogens (tertiary/aromatic N) is 6. The van der Waals surface area contributed by atoms with E-state index < -0.39 is 0 Å². The summed E-state index contributed by atoms with van der Waals surface area (Å²) < 4.78 is 3.83. The molecule has 5 aromatic rings. The fourth-order valence-corrected chi connectivity index (χ4v) is 4.77. The van der Waals surface area contributed by atoms with Crippen molar-refractivity contribution >= 4 is 0 Å². The van der Waals surface area contributed by atoms with E-state index in [1.807, 2.05) is 69.9 Å². The highest BCUT2D eigenvalue weighted by molar-refractivity contribution is 5.78. The number of imidazole rings is 1. The molecule has 0 aliphatic heterocycles. The number of hydrogen-bond donors (Lipinski definition) is 1. The second-order valence-electron chi connectivity index (χ2n) is 9.26. The Morgan fingerprint density at radius 2 is 1.59 bits per heavy atom. The van der Waals surface area contributed by atoms with E-state index in [1.54, 1.807) is 0 Å². The van der Waals surface area contributed by atoms with Gasteiger partial charge in [-0.05, 0) is 42.2 Å². The van der Waals surface area contributed by atoms with Crippen LogP contribution < -0.4 is 5.69 Å². The summed E-state index contributed by atoms with van der Waals surface area (Å²) in [7, 11) is 0. The Morgan fingerprint density at radius 3 is 2.30 bits per heavy atom. The van der Waals surface area contributed by atoms with Crippen LogP contribution >= 0.6 is 0 Å². The molecule has 8 heteroatoms. The monoisotopic (exact) mass is 493 g/mol. The molecule has 0 atom stereocenters. The van der Waals surface area contributed by atoms with E-state index in [2.05, 4.69) is 46.6 Å². The van der Waals surface area contributed by atoms with Crippen LogP contribution in [-0.4, -0.2) is 34.7 Å². The first-order valence-electron chi connectivity index (χ1n) is 12.8. The Morgan fingerprint density at radius 1 is 0.838 bits per heavy atom. The summed E-state index contributed by atoms with van der Waals surface area (Å²) in [4.78, 5) is 18.3. The average Bonchev–Trinajstić information content (AvgIpc) is 3.55. The van der Waals surface area contributed by atoms with Gasteiger partial charge in [0.25, 0.3) is 0 Å². The normalized spacial score (nSPS) is 11.2. The standard InChI is InChI=1S/C29H31N7O/c1-3-4-6-15-27-21(2)35(19-22-11-7-5-8-12-22)29(37)36(27)20-23-16-17-26(30-18-23)24-13-9-10-14-25(24)28-31-33-34-32-28/h5,7-14,16-18H,3-4,6,15,19-20H2,1-2H3,(H,31,32,33,34). The first kappa shape index (κ1) is 24.4. The zero-order chi connectivity index (χ0) is 25.6. The van der Waals surface area contributed by atoms with Crippen molar-refractivity contribution in [3.05, 3.63) is 106 Å². The molecule has 37 heavy (non-hydrogen) atoms. The number of aromatic amines is 1. The molecule has 2 aromatic carbocycles. The maximum Gasteiger partial charge on any atom is 0.329 e. The van der Waals surface area contributed by atoms with Crippen molar-refractivity contribution in [3.8, 4) is 22.6 Å². The summed E-state index contributed by atoms with van der Waals surface area (Å²) in [6.45, 7) is 5.33. The number of benzene rings is 2. The maximum atomic E-state index is 13.6. The van der Waals surface area contributed by atoms with E-state index in [-0.39, 0.29) is 5.69 Å². The van der Waals surface area contributed by atoms with Crippen LogP contribution in [-0.2, 0) is 19.5 Å². The molecule has 0 aliphatic carbocycles. The quantitative estimate of drug-likeness (QED) is 0.275. The zero-order valence-electron chi connectivity index (χ0n) is 21.3. The molecule has 0 aliphatic rings. The summed E-state index contributed by atoms with van der Waals surface area (Å²) in [6, 6.07) is 22.0. The maximum absolute atomic E-state index is 13.6. The lowest BCUT2D eigenvalue weighted by molar-refractivity contribution is 0.642. The van der Waals surface area contributed by atoms with Crippen molar-refractivity contribution in [2.75, 3.05) is 0 Å². The summed E-state index contributed by atoms with van der Waals surface area (Å²) >= 11 is 0. The Hall–Kier alpha value is -4.33. The van der Waals surface area contributed by atoms with Gasteiger partial charge >= 0.3 is 5.69 Å². The van der Waals surface area contributed by atoms with Gasteiger partial charge in [0, 0.05) is 28.7 Å². The summed E-state index contributed by atoms with van der Waals surface area (Å²) in [5, 5.41) is 14.4. The van der Waals surface area contributed by atoms with Crippen LogP contribution in [0.3, 0.4) is 0 Å². The molecule has 0 amide bonds.